The first-order valence-electron chi connectivity index (χ1n) is 16.9. The number of fused-ring (bicyclic) bond motifs is 7. The van der Waals surface area contributed by atoms with Crippen molar-refractivity contribution in [1.82, 2.24) is 15.0 Å². The van der Waals surface area contributed by atoms with Crippen molar-refractivity contribution in [3.8, 4) is 45.3 Å². The molecule has 10 rings (SSSR count). The van der Waals surface area contributed by atoms with Gasteiger partial charge in [-0.05, 0) is 83.2 Å². The Morgan fingerprint density at radius 1 is 0.240 bits per heavy atom. The summed E-state index contributed by atoms with van der Waals surface area (Å²) in [7, 11) is 0. The average molecular weight is 636 g/mol. The van der Waals surface area contributed by atoms with Crippen LogP contribution in [0.25, 0.3) is 99.2 Å². The summed E-state index contributed by atoms with van der Waals surface area (Å²) in [5.74, 6) is 1.94. The summed E-state index contributed by atoms with van der Waals surface area (Å²) in [4.78, 5) is 15.5. The number of aromatic nitrogens is 3. The number of benzene rings is 9. The quantitative estimate of drug-likeness (QED) is 0.181. The lowest BCUT2D eigenvalue weighted by molar-refractivity contribution is 1.08. The van der Waals surface area contributed by atoms with Gasteiger partial charge >= 0.3 is 0 Å². The molecule has 232 valence electrons. The molecule has 1 aromatic heterocycles. The summed E-state index contributed by atoms with van der Waals surface area (Å²) in [6.45, 7) is 0. The van der Waals surface area contributed by atoms with Crippen LogP contribution in [0.5, 0.6) is 0 Å². The van der Waals surface area contributed by atoms with Crippen LogP contribution in [-0.4, -0.2) is 15.0 Å². The molecule has 50 heavy (non-hydrogen) atoms. The highest BCUT2D eigenvalue weighted by molar-refractivity contribution is 6.17. The molecule has 3 nitrogen and oxygen atoms in total. The van der Waals surface area contributed by atoms with Gasteiger partial charge in [0.1, 0.15) is 0 Å². The van der Waals surface area contributed by atoms with E-state index in [1.807, 2.05) is 0 Å². The Bertz CT molecular complexity index is 2850. The lowest BCUT2D eigenvalue weighted by Gasteiger charge is -2.14. The second-order valence-corrected chi connectivity index (χ2v) is 12.9. The molecule has 0 fully saturated rings. The molecule has 0 aliphatic carbocycles. The van der Waals surface area contributed by atoms with E-state index in [1.165, 1.54) is 43.1 Å². The zero-order valence-electron chi connectivity index (χ0n) is 27.1. The van der Waals surface area contributed by atoms with E-state index in [9.17, 15) is 0 Å². The first-order chi connectivity index (χ1) is 24.7. The van der Waals surface area contributed by atoms with Crippen molar-refractivity contribution in [2.75, 3.05) is 0 Å². The fourth-order valence-corrected chi connectivity index (χ4v) is 7.33. The predicted octanol–water partition coefficient (Wildman–Crippen LogP) is 12.3. The Morgan fingerprint density at radius 2 is 0.680 bits per heavy atom. The van der Waals surface area contributed by atoms with E-state index in [0.717, 1.165) is 38.6 Å². The standard InChI is InChI=1S/C47H29N3/c1-3-12-34-27-37(21-17-30(34)9-1)45-48-46(38-22-18-31-10-2-4-13-35(31)28-38)50-47(49-45)43-16-8-7-15-40(43)36-20-19-33-24-25-41-39-14-6-5-11-32(39)23-26-42(41)44(33)29-36/h1-29H. The predicted molar refractivity (Wildman–Crippen MR) is 209 cm³/mol. The molecule has 0 bridgehead atoms. The number of nitrogens with zero attached hydrogens (tertiary/aromatic N) is 3. The second-order valence-electron chi connectivity index (χ2n) is 12.9. The lowest BCUT2D eigenvalue weighted by Crippen LogP contribution is -2.01. The maximum absolute atomic E-state index is 5.18. The van der Waals surface area contributed by atoms with E-state index in [1.54, 1.807) is 0 Å². The summed E-state index contributed by atoms with van der Waals surface area (Å²) < 4.78 is 0. The van der Waals surface area contributed by atoms with Crippen molar-refractivity contribution < 1.29 is 0 Å². The van der Waals surface area contributed by atoms with Crippen LogP contribution in [0.3, 0.4) is 0 Å². The molecule has 3 heteroatoms. The molecule has 0 aliphatic rings. The normalized spacial score (nSPS) is 11.6. The van der Waals surface area contributed by atoms with E-state index in [-0.39, 0.29) is 0 Å². The van der Waals surface area contributed by atoms with Gasteiger partial charge in [0.2, 0.25) is 0 Å². The van der Waals surface area contributed by atoms with E-state index >= 15 is 0 Å². The minimum atomic E-state index is 0.644. The zero-order valence-corrected chi connectivity index (χ0v) is 27.1. The molecular weight excluding hydrogens is 607 g/mol. The molecule has 0 radical (unpaired) electrons. The highest BCUT2D eigenvalue weighted by atomic mass is 15.0. The van der Waals surface area contributed by atoms with Gasteiger partial charge in [0.15, 0.2) is 17.5 Å². The molecule has 0 N–H and O–H groups in total. The van der Waals surface area contributed by atoms with Crippen LogP contribution >= 0.6 is 0 Å². The molecular formula is C47H29N3. The van der Waals surface area contributed by atoms with Crippen molar-refractivity contribution in [1.29, 1.82) is 0 Å². The molecule has 0 atom stereocenters. The molecule has 0 amide bonds. The third-order valence-electron chi connectivity index (χ3n) is 9.87. The fourth-order valence-electron chi connectivity index (χ4n) is 7.33. The van der Waals surface area contributed by atoms with Gasteiger partial charge in [0.25, 0.3) is 0 Å². The first kappa shape index (κ1) is 28.3. The lowest BCUT2D eigenvalue weighted by atomic mass is 9.93. The number of hydrogen-bond acceptors (Lipinski definition) is 3. The van der Waals surface area contributed by atoms with Crippen LogP contribution in [0, 0.1) is 0 Å². The number of rotatable bonds is 4. The first-order valence-corrected chi connectivity index (χ1v) is 16.9. The maximum atomic E-state index is 5.18. The molecule has 10 aromatic rings. The van der Waals surface area contributed by atoms with Crippen molar-refractivity contribution in [3.63, 3.8) is 0 Å². The molecule has 0 unspecified atom stereocenters. The van der Waals surface area contributed by atoms with Gasteiger partial charge in [0.05, 0.1) is 0 Å². The van der Waals surface area contributed by atoms with Crippen molar-refractivity contribution >= 4 is 53.9 Å². The van der Waals surface area contributed by atoms with Gasteiger partial charge in [-0.2, -0.15) is 0 Å². The Hall–Kier alpha value is -6.71. The molecule has 0 saturated heterocycles. The van der Waals surface area contributed by atoms with E-state index < -0.39 is 0 Å². The van der Waals surface area contributed by atoms with Gasteiger partial charge in [-0.25, -0.2) is 15.0 Å². The minimum absolute atomic E-state index is 0.644. The largest absolute Gasteiger partial charge is 0.208 e. The van der Waals surface area contributed by atoms with Gasteiger partial charge in [-0.15, -0.1) is 0 Å². The highest BCUT2D eigenvalue weighted by Crippen LogP contribution is 2.37. The molecule has 0 spiro atoms. The smallest absolute Gasteiger partial charge is 0.164 e. The van der Waals surface area contributed by atoms with Crippen LogP contribution in [0.2, 0.25) is 0 Å². The summed E-state index contributed by atoms with van der Waals surface area (Å²) in [6, 6.07) is 62.4. The van der Waals surface area contributed by atoms with E-state index in [4.69, 9.17) is 15.0 Å². The Labute approximate surface area is 289 Å². The van der Waals surface area contributed by atoms with Crippen LogP contribution in [0.1, 0.15) is 0 Å². The van der Waals surface area contributed by atoms with Gasteiger partial charge in [-0.1, -0.05) is 158 Å². The van der Waals surface area contributed by atoms with Gasteiger partial charge in [0, 0.05) is 16.7 Å². The van der Waals surface area contributed by atoms with Crippen LogP contribution in [-0.2, 0) is 0 Å². The van der Waals surface area contributed by atoms with Crippen molar-refractivity contribution in [2.45, 2.75) is 0 Å². The second kappa shape index (κ2) is 11.5. The molecule has 9 aromatic carbocycles. The third kappa shape index (κ3) is 4.79. The SMILES string of the molecule is c1ccc(-c2nc(-c3ccc4ccccc4c3)nc(-c3ccc4ccccc4c3)n2)c(-c2ccc3ccc4c5ccccc5ccc4c3c2)c1. The van der Waals surface area contributed by atoms with Crippen molar-refractivity contribution in [2.24, 2.45) is 0 Å². The summed E-state index contributed by atoms with van der Waals surface area (Å²) in [6.07, 6.45) is 0. The van der Waals surface area contributed by atoms with Crippen LogP contribution < -0.4 is 0 Å². The Morgan fingerprint density at radius 3 is 1.34 bits per heavy atom. The fraction of sp³-hybridized carbons (Fsp3) is 0. The zero-order chi connectivity index (χ0) is 33.0. The van der Waals surface area contributed by atoms with Crippen LogP contribution in [0.4, 0.5) is 0 Å². The molecule has 0 aliphatic heterocycles. The highest BCUT2D eigenvalue weighted by Gasteiger charge is 2.17. The topological polar surface area (TPSA) is 38.7 Å². The monoisotopic (exact) mass is 635 g/mol. The third-order valence-corrected chi connectivity index (χ3v) is 9.87. The minimum Gasteiger partial charge on any atom is -0.208 e. The maximum Gasteiger partial charge on any atom is 0.164 e. The van der Waals surface area contributed by atoms with E-state index in [2.05, 4.69) is 176 Å². The van der Waals surface area contributed by atoms with Crippen molar-refractivity contribution in [3.05, 3.63) is 176 Å². The van der Waals surface area contributed by atoms with Gasteiger partial charge < -0.3 is 0 Å². The number of hydrogen-bond donors (Lipinski definition) is 0. The average Bonchev–Trinajstić information content (AvgIpc) is 3.19. The Kier molecular flexibility index (Phi) is 6.49. The van der Waals surface area contributed by atoms with Gasteiger partial charge in [-0.3, -0.25) is 0 Å². The van der Waals surface area contributed by atoms with E-state index in [0.29, 0.717) is 17.5 Å². The summed E-state index contributed by atoms with van der Waals surface area (Å²) in [5.41, 5.74) is 5.07. The van der Waals surface area contributed by atoms with Crippen LogP contribution in [0.15, 0.2) is 176 Å². The molecule has 0 saturated carbocycles. The summed E-state index contributed by atoms with van der Waals surface area (Å²) in [5, 5.41) is 12.1. The molecule has 1 heterocycles. The summed E-state index contributed by atoms with van der Waals surface area (Å²) >= 11 is 0. The Balaban J connectivity index is 1.18.